The van der Waals surface area contributed by atoms with Gasteiger partial charge in [0.2, 0.25) is 0 Å². The van der Waals surface area contributed by atoms with Gasteiger partial charge in [-0.15, -0.1) is 0 Å². The van der Waals surface area contributed by atoms with Gasteiger partial charge in [-0.05, 0) is 26.7 Å². The Kier molecular flexibility index (Phi) is 49.6. The summed E-state index contributed by atoms with van der Waals surface area (Å²) in [6.45, 7) is 7.19. The molecule has 0 bridgehead atoms. The van der Waals surface area contributed by atoms with Crippen LogP contribution < -0.4 is 10.2 Å². The topological polar surface area (TPSA) is 121 Å². The molecule has 0 aromatic heterocycles. The number of rotatable bonds is 36. The molecule has 0 aliphatic heterocycles. The van der Waals surface area contributed by atoms with E-state index in [0.717, 1.165) is 38.5 Å². The van der Waals surface area contributed by atoms with Crippen molar-refractivity contribution in [2.75, 3.05) is 0 Å². The van der Waals surface area contributed by atoms with E-state index in [4.69, 9.17) is 0 Å². The van der Waals surface area contributed by atoms with Crippen LogP contribution in [0.3, 0.4) is 0 Å². The van der Waals surface area contributed by atoms with Crippen LogP contribution in [0.4, 0.5) is 0 Å². The SMILES string of the molecule is CCCCCCCCCCCCCCCCCCC(C)(O)C(=O)[O-].CCCCCCCCCCCCCCCCCCC(C)(O)C(=O)[O-].[Ca+2].[NaH]. The molecule has 50 heavy (non-hydrogen) atoms. The van der Waals surface area contributed by atoms with Crippen molar-refractivity contribution in [3.63, 3.8) is 0 Å². The molecule has 2 unspecified atom stereocenters. The molecule has 0 saturated carbocycles. The van der Waals surface area contributed by atoms with Crippen LogP contribution in [-0.2, 0) is 9.59 Å². The normalized spacial score (nSPS) is 13.2. The van der Waals surface area contributed by atoms with Gasteiger partial charge in [0.25, 0.3) is 0 Å². The summed E-state index contributed by atoms with van der Waals surface area (Å²) in [4.78, 5) is 21.3. The van der Waals surface area contributed by atoms with E-state index in [1.807, 2.05) is 0 Å². The number of carboxylic acid groups (broad SMARTS) is 2. The third-order valence-corrected chi connectivity index (χ3v) is 9.91. The average molecular weight is 747 g/mol. The number of carbonyl (C=O) groups is 2. The Balaban J connectivity index is -0.000000407. The monoisotopic (exact) mass is 747 g/mol. The first-order chi connectivity index (χ1) is 23.0. The Labute approximate surface area is 363 Å². The Morgan fingerprint density at radius 2 is 0.520 bits per heavy atom. The molecule has 0 aliphatic rings. The minimum atomic E-state index is -1.66. The van der Waals surface area contributed by atoms with Crippen molar-refractivity contribution in [2.45, 2.75) is 257 Å². The molecule has 290 valence electrons. The molecule has 2 atom stereocenters. The van der Waals surface area contributed by atoms with Gasteiger partial charge in [0.05, 0.1) is 11.9 Å². The fourth-order valence-corrected chi connectivity index (χ4v) is 6.24. The second-order valence-electron chi connectivity index (χ2n) is 15.2. The number of aliphatic hydroxyl groups is 2. The first-order valence-electron chi connectivity index (χ1n) is 20.9. The maximum absolute atomic E-state index is 10.7. The molecule has 8 heteroatoms. The van der Waals surface area contributed by atoms with E-state index in [0.29, 0.717) is 12.8 Å². The Morgan fingerprint density at radius 3 is 0.660 bits per heavy atom. The zero-order valence-electron chi connectivity index (χ0n) is 33.3. The summed E-state index contributed by atoms with van der Waals surface area (Å²) in [7, 11) is 0. The summed E-state index contributed by atoms with van der Waals surface area (Å²) >= 11 is 0. The first-order valence-corrected chi connectivity index (χ1v) is 20.9. The van der Waals surface area contributed by atoms with Crippen LogP contribution in [0, 0.1) is 0 Å². The third kappa shape index (κ3) is 43.5. The molecule has 0 heterocycles. The van der Waals surface area contributed by atoms with Gasteiger partial charge in [-0.1, -0.05) is 219 Å². The molecular weight excluding hydrogens is 664 g/mol. The van der Waals surface area contributed by atoms with Crippen LogP contribution in [0.5, 0.6) is 0 Å². The minimum absolute atomic E-state index is 0. The number of carboxylic acids is 2. The van der Waals surface area contributed by atoms with Crippen molar-refractivity contribution >= 4 is 79.2 Å². The predicted octanol–water partition coefficient (Wildman–Crippen LogP) is 9.25. The van der Waals surface area contributed by atoms with Crippen LogP contribution in [-0.4, -0.2) is 101 Å². The molecule has 0 aromatic rings. The first kappa shape index (κ1) is 57.8. The fraction of sp³-hybridized carbons (Fsp3) is 0.952. The van der Waals surface area contributed by atoms with E-state index < -0.39 is 23.1 Å². The zero-order valence-corrected chi connectivity index (χ0v) is 35.5. The van der Waals surface area contributed by atoms with Gasteiger partial charge in [0, 0.05) is 0 Å². The maximum atomic E-state index is 10.7. The standard InChI is InChI=1S/2C21H42O3.Ca.Na.H/c2*1-3-4-5-6-7-8-9-10-11-12-13-14-15-16-17-18-19-21(2,24)20(22)23;;;/h2*24H,3-19H2,1-2H3,(H,22,23);;;/q;;+2;;/p-2. The number of carbonyl (C=O) groups excluding carboxylic acids is 2. The van der Waals surface area contributed by atoms with Crippen LogP contribution in [0.2, 0.25) is 0 Å². The Morgan fingerprint density at radius 1 is 0.380 bits per heavy atom. The Hall–Kier alpha value is 1.12. The van der Waals surface area contributed by atoms with E-state index >= 15 is 0 Å². The molecule has 2 N–H and O–H groups in total. The van der Waals surface area contributed by atoms with Crippen LogP contribution >= 0.6 is 0 Å². The number of unbranched alkanes of at least 4 members (excludes halogenated alkanes) is 30. The summed E-state index contributed by atoms with van der Waals surface area (Å²) in [6.07, 6.45) is 42.0. The Bertz CT molecular complexity index is 646. The molecule has 0 aliphatic carbocycles. The summed E-state index contributed by atoms with van der Waals surface area (Å²) < 4.78 is 0. The number of hydrogen-bond donors (Lipinski definition) is 2. The molecule has 0 saturated heterocycles. The van der Waals surface area contributed by atoms with Crippen LogP contribution in [0.25, 0.3) is 0 Å². The molecule has 0 spiro atoms. The fourth-order valence-electron chi connectivity index (χ4n) is 6.24. The predicted molar refractivity (Wildman–Crippen MR) is 212 cm³/mol. The second kappa shape index (κ2) is 42.9. The molecule has 0 fully saturated rings. The van der Waals surface area contributed by atoms with Crippen molar-refractivity contribution in [3.8, 4) is 0 Å². The molecule has 0 rings (SSSR count). The quantitative estimate of drug-likeness (QED) is 0.0487. The average Bonchev–Trinajstić information content (AvgIpc) is 3.04. The molecule has 0 radical (unpaired) electrons. The van der Waals surface area contributed by atoms with E-state index in [2.05, 4.69) is 13.8 Å². The third-order valence-electron chi connectivity index (χ3n) is 9.91. The molecule has 0 aromatic carbocycles. The van der Waals surface area contributed by atoms with Crippen molar-refractivity contribution < 1.29 is 30.0 Å². The van der Waals surface area contributed by atoms with Crippen LogP contribution in [0.1, 0.15) is 246 Å². The molecule has 6 nitrogen and oxygen atoms in total. The summed E-state index contributed by atoms with van der Waals surface area (Å²) in [5.41, 5.74) is -3.31. The van der Waals surface area contributed by atoms with Crippen molar-refractivity contribution in [3.05, 3.63) is 0 Å². The van der Waals surface area contributed by atoms with E-state index in [-0.39, 0.29) is 67.3 Å². The van der Waals surface area contributed by atoms with E-state index in [1.165, 1.54) is 181 Å². The van der Waals surface area contributed by atoms with Gasteiger partial charge in [0.1, 0.15) is 11.2 Å². The van der Waals surface area contributed by atoms with Crippen molar-refractivity contribution in [1.29, 1.82) is 0 Å². The summed E-state index contributed by atoms with van der Waals surface area (Å²) in [5.74, 6) is -2.72. The summed E-state index contributed by atoms with van der Waals surface area (Å²) in [5, 5.41) is 40.4. The molecular formula is C42H83CaNaO6. The van der Waals surface area contributed by atoms with Gasteiger partial charge in [-0.3, -0.25) is 0 Å². The van der Waals surface area contributed by atoms with Crippen molar-refractivity contribution in [1.82, 2.24) is 0 Å². The summed E-state index contributed by atoms with van der Waals surface area (Å²) in [6, 6.07) is 0. The zero-order chi connectivity index (χ0) is 36.2. The van der Waals surface area contributed by atoms with Gasteiger partial charge in [-0.25, -0.2) is 0 Å². The molecule has 0 amide bonds. The van der Waals surface area contributed by atoms with Crippen molar-refractivity contribution in [2.24, 2.45) is 0 Å². The van der Waals surface area contributed by atoms with E-state index in [9.17, 15) is 30.0 Å². The van der Waals surface area contributed by atoms with Gasteiger partial charge >= 0.3 is 67.3 Å². The second-order valence-corrected chi connectivity index (χ2v) is 15.2. The van der Waals surface area contributed by atoms with Gasteiger partial charge < -0.3 is 30.0 Å². The van der Waals surface area contributed by atoms with E-state index in [1.54, 1.807) is 0 Å². The van der Waals surface area contributed by atoms with Gasteiger partial charge in [0.15, 0.2) is 0 Å². The van der Waals surface area contributed by atoms with Gasteiger partial charge in [-0.2, -0.15) is 0 Å². The number of aliphatic carboxylic acids is 2. The van der Waals surface area contributed by atoms with Crippen LogP contribution in [0.15, 0.2) is 0 Å². The number of hydrogen-bond acceptors (Lipinski definition) is 6.